The van der Waals surface area contributed by atoms with Crippen molar-refractivity contribution in [1.29, 1.82) is 0 Å². The molecule has 0 heterocycles. The first-order chi connectivity index (χ1) is 12.1. The van der Waals surface area contributed by atoms with E-state index in [0.29, 0.717) is 4.47 Å². The summed E-state index contributed by atoms with van der Waals surface area (Å²) in [5.74, 6) is -2.09. The van der Waals surface area contributed by atoms with Gasteiger partial charge in [-0.2, -0.15) is 13.2 Å². The number of hydrogen-bond acceptors (Lipinski definition) is 4. The van der Waals surface area contributed by atoms with Gasteiger partial charge in [-0.25, -0.2) is 4.79 Å². The molecule has 0 bridgehead atoms. The van der Waals surface area contributed by atoms with Crippen molar-refractivity contribution < 1.29 is 32.6 Å². The predicted octanol–water partition coefficient (Wildman–Crippen LogP) is 4.36. The first-order valence-electron chi connectivity index (χ1n) is 7.25. The number of aromatic hydroxyl groups is 1. The number of hydrogen-bond donors (Lipinski definition) is 2. The first kappa shape index (κ1) is 19.8. The number of nitrogens with one attached hydrogen (secondary N) is 1. The molecule has 0 aliphatic rings. The number of esters is 1. The van der Waals surface area contributed by atoms with Crippen LogP contribution in [0.4, 0.5) is 18.9 Å². The van der Waals surface area contributed by atoms with Crippen LogP contribution in [0.2, 0.25) is 0 Å². The van der Waals surface area contributed by atoms with Crippen LogP contribution in [-0.2, 0) is 15.7 Å². The van der Waals surface area contributed by atoms with E-state index >= 15 is 0 Å². The van der Waals surface area contributed by atoms with Crippen LogP contribution >= 0.6 is 15.9 Å². The lowest BCUT2D eigenvalue weighted by Crippen LogP contribution is -2.30. The molecule has 0 aliphatic heterocycles. The molecule has 138 valence electrons. The minimum atomic E-state index is -4.54. The fourth-order valence-electron chi connectivity index (χ4n) is 1.97. The van der Waals surface area contributed by atoms with Crippen molar-refractivity contribution in [3.05, 3.63) is 58.1 Å². The number of benzene rings is 2. The maximum absolute atomic E-state index is 12.7. The topological polar surface area (TPSA) is 75.6 Å². The fourth-order valence-corrected chi connectivity index (χ4v) is 2.33. The van der Waals surface area contributed by atoms with Crippen molar-refractivity contribution in [3.8, 4) is 5.75 Å². The van der Waals surface area contributed by atoms with E-state index in [4.69, 9.17) is 4.74 Å². The first-order valence-corrected chi connectivity index (χ1v) is 8.05. The Morgan fingerprint density at radius 3 is 2.54 bits per heavy atom. The molecular formula is C17H13BrF3NO4. The average molecular weight is 432 g/mol. The number of phenols is 1. The minimum absolute atomic E-state index is 0.0852. The van der Waals surface area contributed by atoms with E-state index in [1.165, 1.54) is 31.2 Å². The molecule has 5 nitrogen and oxygen atoms in total. The summed E-state index contributed by atoms with van der Waals surface area (Å²) in [6, 6.07) is 8.16. The van der Waals surface area contributed by atoms with Gasteiger partial charge >= 0.3 is 12.1 Å². The zero-order valence-corrected chi connectivity index (χ0v) is 14.9. The summed E-state index contributed by atoms with van der Waals surface area (Å²) in [7, 11) is 0. The Hall–Kier alpha value is -2.55. The van der Waals surface area contributed by atoms with E-state index in [1.54, 1.807) is 0 Å². The van der Waals surface area contributed by atoms with Crippen molar-refractivity contribution in [2.24, 2.45) is 0 Å². The molecule has 1 amide bonds. The van der Waals surface area contributed by atoms with Crippen LogP contribution in [0, 0.1) is 0 Å². The van der Waals surface area contributed by atoms with Gasteiger partial charge in [0.15, 0.2) is 6.10 Å². The van der Waals surface area contributed by atoms with E-state index in [-0.39, 0.29) is 17.0 Å². The lowest BCUT2D eigenvalue weighted by molar-refractivity contribution is -0.137. The number of ether oxygens (including phenoxy) is 1. The number of rotatable bonds is 4. The van der Waals surface area contributed by atoms with E-state index in [2.05, 4.69) is 21.2 Å². The molecule has 0 spiro atoms. The summed E-state index contributed by atoms with van der Waals surface area (Å²) in [5, 5.41) is 11.9. The molecular weight excluding hydrogens is 419 g/mol. The standard InChI is InChI=1S/C17H13BrF3NO4/c1-9(26-16(25)13-8-11(18)5-6-14(13)23)15(24)22-12-4-2-3-10(7-12)17(19,20)21/h2-9,23H,1H3,(H,22,24). The second kappa shape index (κ2) is 7.77. The highest BCUT2D eigenvalue weighted by Gasteiger charge is 2.30. The monoisotopic (exact) mass is 431 g/mol. The van der Waals surface area contributed by atoms with Crippen molar-refractivity contribution in [1.82, 2.24) is 0 Å². The number of carbonyl (C=O) groups excluding carboxylic acids is 2. The van der Waals surface area contributed by atoms with Crippen LogP contribution in [0.5, 0.6) is 5.75 Å². The van der Waals surface area contributed by atoms with Crippen LogP contribution < -0.4 is 5.32 Å². The lowest BCUT2D eigenvalue weighted by atomic mass is 10.2. The van der Waals surface area contributed by atoms with Gasteiger partial charge in [-0.05, 0) is 43.3 Å². The molecule has 2 N–H and O–H groups in total. The maximum Gasteiger partial charge on any atom is 0.416 e. The largest absolute Gasteiger partial charge is 0.507 e. The van der Waals surface area contributed by atoms with E-state index in [9.17, 15) is 27.9 Å². The summed E-state index contributed by atoms with van der Waals surface area (Å²) in [4.78, 5) is 24.1. The van der Waals surface area contributed by atoms with Gasteiger partial charge in [-0.1, -0.05) is 22.0 Å². The van der Waals surface area contributed by atoms with Crippen LogP contribution in [0.15, 0.2) is 46.9 Å². The highest BCUT2D eigenvalue weighted by atomic mass is 79.9. The molecule has 0 fully saturated rings. The number of carbonyl (C=O) groups is 2. The molecule has 0 saturated carbocycles. The molecule has 9 heteroatoms. The molecule has 0 aliphatic carbocycles. The second-order valence-corrected chi connectivity index (χ2v) is 6.19. The normalized spacial score (nSPS) is 12.3. The molecule has 0 saturated heterocycles. The number of halogens is 4. The predicted molar refractivity (Wildman–Crippen MR) is 90.8 cm³/mol. The smallest absolute Gasteiger partial charge is 0.416 e. The molecule has 0 aromatic heterocycles. The van der Waals surface area contributed by atoms with Crippen molar-refractivity contribution in [2.45, 2.75) is 19.2 Å². The third-order valence-electron chi connectivity index (χ3n) is 3.29. The Labute approximate surface area is 154 Å². The summed E-state index contributed by atoms with van der Waals surface area (Å²) < 4.78 is 43.5. The highest BCUT2D eigenvalue weighted by Crippen LogP contribution is 2.30. The summed E-state index contributed by atoms with van der Waals surface area (Å²) >= 11 is 3.14. The Kier molecular flexibility index (Phi) is 5.91. The number of phenolic OH excluding ortho intramolecular Hbond substituents is 1. The van der Waals surface area contributed by atoms with Crippen LogP contribution in [0.3, 0.4) is 0 Å². The van der Waals surface area contributed by atoms with E-state index < -0.39 is 29.7 Å². The van der Waals surface area contributed by atoms with Gasteiger partial charge in [0.05, 0.1) is 5.56 Å². The average Bonchev–Trinajstić information content (AvgIpc) is 2.56. The zero-order chi connectivity index (χ0) is 19.5. The minimum Gasteiger partial charge on any atom is -0.507 e. The highest BCUT2D eigenvalue weighted by molar-refractivity contribution is 9.10. The molecule has 26 heavy (non-hydrogen) atoms. The van der Waals surface area contributed by atoms with Gasteiger partial charge in [0.2, 0.25) is 0 Å². The van der Waals surface area contributed by atoms with Gasteiger partial charge < -0.3 is 15.2 Å². The Balaban J connectivity index is 2.06. The van der Waals surface area contributed by atoms with Gasteiger partial charge in [0.25, 0.3) is 5.91 Å². The maximum atomic E-state index is 12.7. The van der Waals surface area contributed by atoms with E-state index in [1.807, 2.05) is 0 Å². The molecule has 2 rings (SSSR count). The Morgan fingerprint density at radius 2 is 1.88 bits per heavy atom. The quantitative estimate of drug-likeness (QED) is 0.705. The molecule has 2 aromatic carbocycles. The second-order valence-electron chi connectivity index (χ2n) is 5.28. The van der Waals surface area contributed by atoms with Crippen molar-refractivity contribution >= 4 is 33.5 Å². The number of amides is 1. The van der Waals surface area contributed by atoms with E-state index in [0.717, 1.165) is 18.2 Å². The zero-order valence-electron chi connectivity index (χ0n) is 13.3. The molecule has 1 unspecified atom stereocenters. The lowest BCUT2D eigenvalue weighted by Gasteiger charge is -2.15. The van der Waals surface area contributed by atoms with Gasteiger partial charge in [0, 0.05) is 10.2 Å². The van der Waals surface area contributed by atoms with Crippen molar-refractivity contribution in [3.63, 3.8) is 0 Å². The SMILES string of the molecule is CC(OC(=O)c1cc(Br)ccc1O)C(=O)Nc1cccc(C(F)(F)F)c1. The number of alkyl halides is 3. The van der Waals surface area contributed by atoms with Gasteiger partial charge in [-0.3, -0.25) is 4.79 Å². The summed E-state index contributed by atoms with van der Waals surface area (Å²) in [6.45, 7) is 1.26. The Bertz CT molecular complexity index is 839. The fraction of sp³-hybridized carbons (Fsp3) is 0.176. The molecule has 1 atom stereocenters. The molecule has 0 radical (unpaired) electrons. The van der Waals surface area contributed by atoms with Crippen molar-refractivity contribution in [2.75, 3.05) is 5.32 Å². The Morgan fingerprint density at radius 1 is 1.19 bits per heavy atom. The van der Waals surface area contributed by atoms with Crippen LogP contribution in [-0.4, -0.2) is 23.1 Å². The number of anilines is 1. The summed E-state index contributed by atoms with van der Waals surface area (Å²) in [6.07, 6.45) is -5.84. The summed E-state index contributed by atoms with van der Waals surface area (Å²) in [5.41, 5.74) is -1.16. The van der Waals surface area contributed by atoms with Crippen LogP contribution in [0.25, 0.3) is 0 Å². The van der Waals surface area contributed by atoms with Gasteiger partial charge in [-0.15, -0.1) is 0 Å². The van der Waals surface area contributed by atoms with Gasteiger partial charge in [0.1, 0.15) is 11.3 Å². The molecule has 2 aromatic rings. The third kappa shape index (κ3) is 4.98. The third-order valence-corrected chi connectivity index (χ3v) is 3.78. The van der Waals surface area contributed by atoms with Crippen LogP contribution in [0.1, 0.15) is 22.8 Å².